The van der Waals surface area contributed by atoms with Crippen LogP contribution < -0.4 is 0 Å². The number of esters is 1. The van der Waals surface area contributed by atoms with Crippen LogP contribution in [0, 0.1) is 11.3 Å². The summed E-state index contributed by atoms with van der Waals surface area (Å²) in [4.78, 5) is 11.2. The number of hydrogen-bond donors (Lipinski definition) is 1. The zero-order valence-corrected chi connectivity index (χ0v) is 9.83. The summed E-state index contributed by atoms with van der Waals surface area (Å²) in [6.45, 7) is 7.94. The van der Waals surface area contributed by atoms with Crippen molar-refractivity contribution in [1.82, 2.24) is 0 Å². The predicted octanol–water partition coefficient (Wildman–Crippen LogP) is 1.98. The van der Waals surface area contributed by atoms with E-state index in [0.29, 0.717) is 5.92 Å². The van der Waals surface area contributed by atoms with Gasteiger partial charge in [0.15, 0.2) is 6.10 Å². The first-order chi connectivity index (χ1) is 6.37. The van der Waals surface area contributed by atoms with Gasteiger partial charge in [-0.3, -0.25) is 0 Å². The van der Waals surface area contributed by atoms with E-state index in [-0.39, 0.29) is 0 Å². The Kier molecular flexibility index (Phi) is 5.13. The summed E-state index contributed by atoms with van der Waals surface area (Å²) in [5, 5.41) is 9.77. The molecule has 84 valence electrons. The molecule has 3 nitrogen and oxygen atoms in total. The Labute approximate surface area is 86.5 Å². The topological polar surface area (TPSA) is 46.5 Å². The van der Waals surface area contributed by atoms with E-state index < -0.39 is 17.5 Å². The normalized spacial score (nSPS) is 16.1. The number of aliphatic hydroxyl groups is 1. The number of carbonyl (C=O) groups excluding carboxylic acids is 1. The highest BCUT2D eigenvalue weighted by Gasteiger charge is 2.38. The van der Waals surface area contributed by atoms with Crippen molar-refractivity contribution < 1.29 is 14.6 Å². The molecule has 0 aromatic heterocycles. The van der Waals surface area contributed by atoms with Crippen LogP contribution in [0.1, 0.15) is 40.5 Å². The molecule has 0 saturated heterocycles. The Bertz CT molecular complexity index is 187. The summed E-state index contributed by atoms with van der Waals surface area (Å²) >= 11 is 0. The molecule has 0 saturated carbocycles. The third-order valence-electron chi connectivity index (χ3n) is 3.12. The van der Waals surface area contributed by atoms with Crippen LogP contribution in [0.3, 0.4) is 0 Å². The van der Waals surface area contributed by atoms with Crippen LogP contribution in [0.5, 0.6) is 0 Å². The van der Waals surface area contributed by atoms with Gasteiger partial charge in [-0.15, -0.1) is 0 Å². The van der Waals surface area contributed by atoms with E-state index >= 15 is 0 Å². The van der Waals surface area contributed by atoms with Crippen molar-refractivity contribution in [1.29, 1.82) is 0 Å². The SMILES string of the molecule is CCCC(C)C(C)(C)C(O)C(=O)OC. The standard InChI is InChI=1S/C11H22O3/c1-6-7-8(2)11(3,4)9(12)10(13)14-5/h8-9,12H,6-7H2,1-5H3. The lowest BCUT2D eigenvalue weighted by Gasteiger charge is -2.34. The third kappa shape index (κ3) is 2.98. The quantitative estimate of drug-likeness (QED) is 0.693. The van der Waals surface area contributed by atoms with Gasteiger partial charge in [0, 0.05) is 5.41 Å². The first-order valence-corrected chi connectivity index (χ1v) is 5.13. The van der Waals surface area contributed by atoms with Gasteiger partial charge in [-0.2, -0.15) is 0 Å². The molecule has 2 unspecified atom stereocenters. The van der Waals surface area contributed by atoms with Gasteiger partial charge in [-0.05, 0) is 5.92 Å². The number of rotatable bonds is 5. The van der Waals surface area contributed by atoms with Crippen molar-refractivity contribution in [3.63, 3.8) is 0 Å². The van der Waals surface area contributed by atoms with Crippen molar-refractivity contribution >= 4 is 5.97 Å². The highest BCUT2D eigenvalue weighted by atomic mass is 16.5. The Balaban J connectivity index is 4.50. The smallest absolute Gasteiger partial charge is 0.335 e. The third-order valence-corrected chi connectivity index (χ3v) is 3.12. The Morgan fingerprint density at radius 1 is 1.50 bits per heavy atom. The molecule has 1 N–H and O–H groups in total. The second-order valence-corrected chi connectivity index (χ2v) is 4.44. The molecule has 0 aromatic rings. The average Bonchev–Trinajstić information content (AvgIpc) is 2.15. The second-order valence-electron chi connectivity index (χ2n) is 4.44. The van der Waals surface area contributed by atoms with Gasteiger partial charge in [0.25, 0.3) is 0 Å². The minimum Gasteiger partial charge on any atom is -0.467 e. The van der Waals surface area contributed by atoms with Gasteiger partial charge in [-0.1, -0.05) is 40.5 Å². The van der Waals surface area contributed by atoms with Gasteiger partial charge in [0.05, 0.1) is 7.11 Å². The lowest BCUT2D eigenvalue weighted by Crippen LogP contribution is -2.41. The maximum atomic E-state index is 11.2. The fraction of sp³-hybridized carbons (Fsp3) is 0.909. The van der Waals surface area contributed by atoms with E-state index in [1.54, 1.807) is 0 Å². The molecule has 0 rings (SSSR count). The van der Waals surface area contributed by atoms with Gasteiger partial charge >= 0.3 is 5.97 Å². The van der Waals surface area contributed by atoms with E-state index in [2.05, 4.69) is 18.6 Å². The minimum atomic E-state index is -1.03. The molecule has 3 heteroatoms. The highest BCUT2D eigenvalue weighted by Crippen LogP contribution is 2.34. The maximum Gasteiger partial charge on any atom is 0.335 e. The maximum absolute atomic E-state index is 11.2. The molecule has 0 spiro atoms. The van der Waals surface area contributed by atoms with Crippen molar-refractivity contribution in [2.75, 3.05) is 7.11 Å². The fourth-order valence-electron chi connectivity index (χ4n) is 1.49. The number of hydrogen-bond acceptors (Lipinski definition) is 3. The molecular formula is C11H22O3. The number of aliphatic hydroxyl groups excluding tert-OH is 1. The summed E-state index contributed by atoms with van der Waals surface area (Å²) in [6.07, 6.45) is 1.02. The zero-order chi connectivity index (χ0) is 11.4. The van der Waals surface area contributed by atoms with E-state index in [9.17, 15) is 9.90 Å². The molecule has 0 aliphatic carbocycles. The Morgan fingerprint density at radius 2 is 2.00 bits per heavy atom. The van der Waals surface area contributed by atoms with Crippen LogP contribution in [0.25, 0.3) is 0 Å². The van der Waals surface area contributed by atoms with Crippen LogP contribution in [-0.4, -0.2) is 24.3 Å². The summed E-state index contributed by atoms with van der Waals surface area (Å²) in [7, 11) is 1.30. The first kappa shape index (κ1) is 13.4. The molecule has 0 fully saturated rings. The van der Waals surface area contributed by atoms with E-state index in [1.165, 1.54) is 7.11 Å². The largest absolute Gasteiger partial charge is 0.467 e. The van der Waals surface area contributed by atoms with Crippen molar-refractivity contribution in [2.45, 2.75) is 46.6 Å². The minimum absolute atomic E-state index is 0.293. The molecule has 14 heavy (non-hydrogen) atoms. The van der Waals surface area contributed by atoms with Gasteiger partial charge in [0.1, 0.15) is 0 Å². The Hall–Kier alpha value is -0.570. The average molecular weight is 202 g/mol. The van der Waals surface area contributed by atoms with Crippen molar-refractivity contribution in [3.05, 3.63) is 0 Å². The second kappa shape index (κ2) is 5.35. The molecule has 0 aliphatic rings. The lowest BCUT2D eigenvalue weighted by atomic mass is 9.73. The number of methoxy groups -OCH3 is 1. The van der Waals surface area contributed by atoms with Crippen LogP contribution in [-0.2, 0) is 9.53 Å². The van der Waals surface area contributed by atoms with Crippen molar-refractivity contribution in [3.8, 4) is 0 Å². The highest BCUT2D eigenvalue weighted by molar-refractivity contribution is 5.75. The lowest BCUT2D eigenvalue weighted by molar-refractivity contribution is -0.159. The van der Waals surface area contributed by atoms with Crippen LogP contribution in [0.15, 0.2) is 0 Å². The first-order valence-electron chi connectivity index (χ1n) is 5.13. The fourth-order valence-corrected chi connectivity index (χ4v) is 1.49. The number of ether oxygens (including phenoxy) is 1. The van der Waals surface area contributed by atoms with Crippen LogP contribution in [0.4, 0.5) is 0 Å². The predicted molar refractivity (Wildman–Crippen MR) is 55.9 cm³/mol. The molecule has 2 atom stereocenters. The van der Waals surface area contributed by atoms with Crippen molar-refractivity contribution in [2.24, 2.45) is 11.3 Å². The molecular weight excluding hydrogens is 180 g/mol. The molecule has 0 radical (unpaired) electrons. The van der Waals surface area contributed by atoms with Crippen LogP contribution in [0.2, 0.25) is 0 Å². The van der Waals surface area contributed by atoms with Gasteiger partial charge < -0.3 is 9.84 Å². The Morgan fingerprint density at radius 3 is 2.36 bits per heavy atom. The zero-order valence-electron chi connectivity index (χ0n) is 9.83. The van der Waals surface area contributed by atoms with Crippen LogP contribution >= 0.6 is 0 Å². The van der Waals surface area contributed by atoms with E-state index in [4.69, 9.17) is 0 Å². The monoisotopic (exact) mass is 202 g/mol. The summed E-state index contributed by atoms with van der Waals surface area (Å²) in [6, 6.07) is 0. The summed E-state index contributed by atoms with van der Waals surface area (Å²) in [5.41, 5.74) is -0.427. The molecule has 0 bridgehead atoms. The summed E-state index contributed by atoms with van der Waals surface area (Å²) in [5.74, 6) is -0.250. The van der Waals surface area contributed by atoms with Gasteiger partial charge in [-0.25, -0.2) is 4.79 Å². The number of carbonyl (C=O) groups is 1. The molecule has 0 aliphatic heterocycles. The molecule has 0 heterocycles. The summed E-state index contributed by atoms with van der Waals surface area (Å²) < 4.78 is 4.54. The van der Waals surface area contributed by atoms with E-state index in [1.807, 2.05) is 13.8 Å². The van der Waals surface area contributed by atoms with Gasteiger partial charge in [0.2, 0.25) is 0 Å². The molecule has 0 aromatic carbocycles. The molecule has 0 amide bonds. The van der Waals surface area contributed by atoms with E-state index in [0.717, 1.165) is 12.8 Å².